The van der Waals surface area contributed by atoms with Crippen molar-refractivity contribution in [3.63, 3.8) is 0 Å². The fourth-order valence-electron chi connectivity index (χ4n) is 3.35. The first-order chi connectivity index (χ1) is 12.7. The molecular weight excluding hydrogens is 324 g/mol. The lowest BCUT2D eigenvalue weighted by atomic mass is 10.1. The first-order valence-electron chi connectivity index (χ1n) is 9.71. The summed E-state index contributed by atoms with van der Waals surface area (Å²) in [5.74, 6) is 0.703. The van der Waals surface area contributed by atoms with Crippen LogP contribution in [0, 0.1) is 0 Å². The monoisotopic (exact) mass is 353 g/mol. The minimum atomic E-state index is -0.0959. The van der Waals surface area contributed by atoms with E-state index < -0.39 is 0 Å². The van der Waals surface area contributed by atoms with Gasteiger partial charge >= 0.3 is 0 Å². The van der Waals surface area contributed by atoms with Crippen molar-refractivity contribution in [1.29, 1.82) is 0 Å². The molecule has 1 saturated heterocycles. The lowest BCUT2D eigenvalue weighted by Gasteiger charge is -2.23. The summed E-state index contributed by atoms with van der Waals surface area (Å²) in [6.07, 6.45) is 5.02. The topological polar surface area (TPSA) is 42.8 Å². The lowest BCUT2D eigenvalue weighted by Crippen LogP contribution is -3.11. The van der Waals surface area contributed by atoms with Crippen LogP contribution in [0.1, 0.15) is 48.5 Å². The highest BCUT2D eigenvalue weighted by Crippen LogP contribution is 2.15. The molecule has 3 rings (SSSR count). The van der Waals surface area contributed by atoms with E-state index in [1.54, 1.807) is 17.0 Å². The molecule has 0 aliphatic carbocycles. The number of likely N-dealkylation sites (tertiary alicyclic amines) is 1. The fourth-order valence-corrected chi connectivity index (χ4v) is 3.35. The number of hydrogen-bond donors (Lipinski definition) is 2. The van der Waals surface area contributed by atoms with E-state index in [9.17, 15) is 4.79 Å². The summed E-state index contributed by atoms with van der Waals surface area (Å²) in [5, 5.41) is 2.97. The van der Waals surface area contributed by atoms with Crippen LogP contribution in [0.5, 0.6) is 5.75 Å². The summed E-state index contributed by atoms with van der Waals surface area (Å²) in [5.41, 5.74) is 2.80. The number of benzene rings is 2. The standard InChI is InChI=1S/C22H28N2O2/c1-2-16-26-21-12-8-19(9-13-21)22(25)23-20-10-6-18(7-11-20)17-24-14-4-3-5-15-24/h6-13H,2-5,14-17H2,1H3,(H,23,25)/p+1. The normalized spacial score (nSPS) is 14.8. The van der Waals surface area contributed by atoms with Crippen LogP contribution in [-0.4, -0.2) is 25.6 Å². The maximum absolute atomic E-state index is 12.4. The maximum Gasteiger partial charge on any atom is 0.255 e. The highest BCUT2D eigenvalue weighted by Gasteiger charge is 2.14. The van der Waals surface area contributed by atoms with Gasteiger partial charge in [-0.25, -0.2) is 0 Å². The third-order valence-corrected chi connectivity index (χ3v) is 4.82. The van der Waals surface area contributed by atoms with E-state index in [0.717, 1.165) is 24.4 Å². The summed E-state index contributed by atoms with van der Waals surface area (Å²) in [6.45, 7) is 6.39. The van der Waals surface area contributed by atoms with Crippen LogP contribution in [0.3, 0.4) is 0 Å². The van der Waals surface area contributed by atoms with Gasteiger partial charge in [0.25, 0.3) is 5.91 Å². The van der Waals surface area contributed by atoms with Crippen molar-refractivity contribution in [1.82, 2.24) is 0 Å². The molecule has 0 unspecified atom stereocenters. The van der Waals surface area contributed by atoms with Crippen molar-refractivity contribution < 1.29 is 14.4 Å². The van der Waals surface area contributed by atoms with Crippen molar-refractivity contribution in [2.75, 3.05) is 25.0 Å². The molecule has 2 aromatic rings. The average molecular weight is 353 g/mol. The Morgan fingerprint density at radius 2 is 1.69 bits per heavy atom. The molecule has 1 aliphatic rings. The third-order valence-electron chi connectivity index (χ3n) is 4.82. The number of carbonyl (C=O) groups is 1. The molecule has 2 aromatic carbocycles. The van der Waals surface area contributed by atoms with Gasteiger partial charge in [0.05, 0.1) is 19.7 Å². The van der Waals surface area contributed by atoms with Crippen LogP contribution in [0.15, 0.2) is 48.5 Å². The van der Waals surface area contributed by atoms with Crippen LogP contribution in [-0.2, 0) is 6.54 Å². The molecule has 1 heterocycles. The number of piperidine rings is 1. The zero-order valence-electron chi connectivity index (χ0n) is 15.6. The van der Waals surface area contributed by atoms with Gasteiger partial charge in [-0.15, -0.1) is 0 Å². The number of ether oxygens (including phenoxy) is 1. The van der Waals surface area contributed by atoms with Gasteiger partial charge in [0.15, 0.2) is 0 Å². The Morgan fingerprint density at radius 3 is 2.35 bits per heavy atom. The Bertz CT molecular complexity index is 689. The molecule has 0 atom stereocenters. The number of carbonyl (C=O) groups excluding carboxylic acids is 1. The van der Waals surface area contributed by atoms with Crippen molar-refractivity contribution in [3.05, 3.63) is 59.7 Å². The SMILES string of the molecule is CCCOc1ccc(C(=O)Nc2ccc(C[NH+]3CCCCC3)cc2)cc1. The Balaban J connectivity index is 1.53. The first kappa shape index (κ1) is 18.5. The molecule has 0 bridgehead atoms. The molecule has 1 amide bonds. The summed E-state index contributed by atoms with van der Waals surface area (Å²) in [7, 11) is 0. The molecule has 26 heavy (non-hydrogen) atoms. The van der Waals surface area contributed by atoms with Gasteiger partial charge in [0.2, 0.25) is 0 Å². The quantitative estimate of drug-likeness (QED) is 0.802. The van der Waals surface area contributed by atoms with Gasteiger partial charge in [-0.2, -0.15) is 0 Å². The molecular formula is C22H29N2O2+. The van der Waals surface area contributed by atoms with Crippen molar-refractivity contribution in [3.8, 4) is 5.75 Å². The Hall–Kier alpha value is -2.33. The zero-order valence-corrected chi connectivity index (χ0v) is 15.6. The maximum atomic E-state index is 12.4. The van der Waals surface area contributed by atoms with Crippen molar-refractivity contribution in [2.45, 2.75) is 39.2 Å². The predicted octanol–water partition coefficient (Wildman–Crippen LogP) is 3.30. The predicted molar refractivity (Wildman–Crippen MR) is 105 cm³/mol. The van der Waals surface area contributed by atoms with Gasteiger partial charge in [-0.3, -0.25) is 4.79 Å². The number of anilines is 1. The molecule has 1 fully saturated rings. The number of quaternary nitrogens is 1. The van der Waals surface area contributed by atoms with Crippen LogP contribution in [0.25, 0.3) is 0 Å². The average Bonchev–Trinajstić information content (AvgIpc) is 2.69. The van der Waals surface area contributed by atoms with Crippen molar-refractivity contribution in [2.24, 2.45) is 0 Å². The number of amides is 1. The molecule has 4 heteroatoms. The summed E-state index contributed by atoms with van der Waals surface area (Å²) in [4.78, 5) is 14.1. The highest BCUT2D eigenvalue weighted by atomic mass is 16.5. The number of hydrogen-bond acceptors (Lipinski definition) is 2. The molecule has 0 aromatic heterocycles. The smallest absolute Gasteiger partial charge is 0.255 e. The second kappa shape index (κ2) is 9.39. The number of rotatable bonds is 7. The van der Waals surface area contributed by atoms with Crippen molar-refractivity contribution >= 4 is 11.6 Å². The van der Waals surface area contributed by atoms with E-state index in [1.165, 1.54) is 37.9 Å². The second-order valence-corrected chi connectivity index (χ2v) is 7.01. The molecule has 1 aliphatic heterocycles. The Morgan fingerprint density at radius 1 is 1.00 bits per heavy atom. The molecule has 0 spiro atoms. The van der Waals surface area contributed by atoms with Gasteiger partial charge < -0.3 is 15.0 Å². The second-order valence-electron chi connectivity index (χ2n) is 7.01. The molecule has 2 N–H and O–H groups in total. The van der Waals surface area contributed by atoms with Gasteiger partial charge in [-0.05, 0) is 62.1 Å². The van der Waals surface area contributed by atoms with E-state index in [4.69, 9.17) is 4.74 Å². The van der Waals surface area contributed by atoms with E-state index in [1.807, 2.05) is 24.3 Å². The minimum absolute atomic E-state index is 0.0959. The van der Waals surface area contributed by atoms with Crippen LogP contribution < -0.4 is 15.0 Å². The molecule has 0 radical (unpaired) electrons. The molecule has 4 nitrogen and oxygen atoms in total. The Labute approximate surface area is 156 Å². The van der Waals surface area contributed by atoms with Crippen LogP contribution in [0.4, 0.5) is 5.69 Å². The Kier molecular flexibility index (Phi) is 6.67. The number of nitrogens with one attached hydrogen (secondary N) is 2. The van der Waals surface area contributed by atoms with Gasteiger partial charge in [0.1, 0.15) is 12.3 Å². The highest BCUT2D eigenvalue weighted by molar-refractivity contribution is 6.04. The van der Waals surface area contributed by atoms with E-state index >= 15 is 0 Å². The summed E-state index contributed by atoms with van der Waals surface area (Å²) >= 11 is 0. The minimum Gasteiger partial charge on any atom is -0.494 e. The largest absolute Gasteiger partial charge is 0.494 e. The fraction of sp³-hybridized carbons (Fsp3) is 0.409. The van der Waals surface area contributed by atoms with E-state index in [0.29, 0.717) is 12.2 Å². The van der Waals surface area contributed by atoms with E-state index in [2.05, 4.69) is 24.4 Å². The third kappa shape index (κ3) is 5.33. The zero-order chi connectivity index (χ0) is 18.2. The van der Waals surface area contributed by atoms with Gasteiger partial charge in [-0.1, -0.05) is 19.1 Å². The lowest BCUT2D eigenvalue weighted by molar-refractivity contribution is -0.918. The van der Waals surface area contributed by atoms with Gasteiger partial charge in [0, 0.05) is 16.8 Å². The first-order valence-corrected chi connectivity index (χ1v) is 9.71. The van der Waals surface area contributed by atoms with E-state index in [-0.39, 0.29) is 5.91 Å². The molecule has 0 saturated carbocycles. The van der Waals surface area contributed by atoms with Crippen LogP contribution >= 0.6 is 0 Å². The summed E-state index contributed by atoms with van der Waals surface area (Å²) in [6, 6.07) is 15.5. The molecule has 138 valence electrons. The van der Waals surface area contributed by atoms with Crippen LogP contribution in [0.2, 0.25) is 0 Å². The summed E-state index contributed by atoms with van der Waals surface area (Å²) < 4.78 is 5.55.